The number of aliphatic hydroxyl groups is 1. The summed E-state index contributed by atoms with van der Waals surface area (Å²) in [4.78, 5) is 57.8. The number of carbonyl (C=O) groups excluding carboxylic acids is 4. The van der Waals surface area contributed by atoms with Gasteiger partial charge in [0.15, 0.2) is 10.8 Å². The summed E-state index contributed by atoms with van der Waals surface area (Å²) in [6.45, 7) is -0.527. The van der Waals surface area contributed by atoms with E-state index in [9.17, 15) is 29.4 Å². The molecule has 1 unspecified atom stereocenters. The predicted octanol–water partition coefficient (Wildman–Crippen LogP) is -4.93. The molecule has 0 spiro atoms. The molecule has 0 aliphatic carbocycles. The van der Waals surface area contributed by atoms with Crippen LogP contribution in [0.3, 0.4) is 0 Å². The monoisotopic (exact) mass is 511 g/mol. The zero-order valence-electron chi connectivity index (χ0n) is 16.8. The van der Waals surface area contributed by atoms with Crippen molar-refractivity contribution in [2.75, 3.05) is 30.7 Å². The van der Waals surface area contributed by atoms with Gasteiger partial charge in [0.2, 0.25) is 5.91 Å². The van der Waals surface area contributed by atoms with Crippen LogP contribution >= 0.6 is 34.7 Å². The van der Waals surface area contributed by atoms with Crippen LogP contribution < -0.4 is 45.3 Å². The summed E-state index contributed by atoms with van der Waals surface area (Å²) >= 11 is 7.65. The standard InChI is InChI=1S/C16H16ClN5O7S2.Na/c1-29-21-9(7-5-31-16(18-7)19-8(24)2-17)12(25)20-10-13(26)22-11(15(27)28)6(3-23)4-30-14(10)22;/h5,10,14,23H,2-4H2,1H3,(H,20,25)(H,27,28)(H,18,19,24);/q;+1/p-1/b21-9-;/t10?,14-;/m1./s1. The SMILES string of the molecule is CO/N=C(\C(=O)NC1C(=O)N2C(C(=O)[O-])=C(CO)CS[C@H]12)c1csc(NC(=O)CCl)n1.[Na+]. The molecule has 12 nitrogen and oxygen atoms in total. The molecule has 2 atom stereocenters. The van der Waals surface area contributed by atoms with Crippen LogP contribution in [0.2, 0.25) is 0 Å². The fraction of sp³-hybridized carbons (Fsp3) is 0.375. The van der Waals surface area contributed by atoms with Gasteiger partial charge in [-0.15, -0.1) is 34.7 Å². The minimum absolute atomic E-state index is 0. The molecule has 2 aliphatic heterocycles. The third kappa shape index (κ3) is 5.27. The number of oxime groups is 1. The van der Waals surface area contributed by atoms with Crippen molar-refractivity contribution in [1.29, 1.82) is 0 Å². The van der Waals surface area contributed by atoms with Crippen molar-refractivity contribution >= 4 is 69.2 Å². The molecule has 0 bridgehead atoms. The van der Waals surface area contributed by atoms with E-state index in [2.05, 4.69) is 20.8 Å². The number of alkyl halides is 1. The largest absolute Gasteiger partial charge is 1.00 e. The fourth-order valence-electron chi connectivity index (χ4n) is 2.89. The maximum atomic E-state index is 12.8. The van der Waals surface area contributed by atoms with Gasteiger partial charge in [-0.1, -0.05) is 5.16 Å². The van der Waals surface area contributed by atoms with Gasteiger partial charge in [0.05, 0.1) is 18.3 Å². The zero-order valence-corrected chi connectivity index (χ0v) is 21.2. The quantitative estimate of drug-likeness (QED) is 0.102. The van der Waals surface area contributed by atoms with Crippen LogP contribution in [0, 0.1) is 0 Å². The molecule has 0 aromatic carbocycles. The van der Waals surface area contributed by atoms with Crippen LogP contribution in [-0.2, 0) is 24.0 Å². The minimum Gasteiger partial charge on any atom is -0.543 e. The van der Waals surface area contributed by atoms with Gasteiger partial charge in [0.1, 0.15) is 30.1 Å². The number of carboxylic acids is 1. The van der Waals surface area contributed by atoms with Crippen molar-refractivity contribution in [2.45, 2.75) is 11.4 Å². The van der Waals surface area contributed by atoms with E-state index in [1.54, 1.807) is 0 Å². The average Bonchev–Trinajstić information content (AvgIpc) is 3.21. The molecular formula is C16H15ClN5NaO7S2. The molecule has 1 aromatic rings. The second kappa shape index (κ2) is 11.4. The normalized spacial score (nSPS) is 20.0. The van der Waals surface area contributed by atoms with Crippen molar-refractivity contribution in [3.8, 4) is 0 Å². The number of nitrogens with zero attached hydrogens (tertiary/aromatic N) is 3. The molecule has 16 heteroatoms. The number of carboxylic acid groups (broad SMARTS) is 1. The van der Waals surface area contributed by atoms with Crippen LogP contribution in [-0.4, -0.2) is 81.2 Å². The van der Waals surface area contributed by atoms with Crippen LogP contribution in [0.5, 0.6) is 0 Å². The van der Waals surface area contributed by atoms with E-state index < -0.39 is 41.7 Å². The zero-order chi connectivity index (χ0) is 22.7. The summed E-state index contributed by atoms with van der Waals surface area (Å²) in [5, 5.41) is 30.3. The van der Waals surface area contributed by atoms with Crippen LogP contribution in [0.25, 0.3) is 0 Å². The van der Waals surface area contributed by atoms with Crippen LogP contribution in [0.15, 0.2) is 21.8 Å². The van der Waals surface area contributed by atoms with Gasteiger partial charge in [-0.25, -0.2) is 4.98 Å². The molecule has 3 amide bonds. The minimum atomic E-state index is -1.58. The topological polar surface area (TPSA) is 173 Å². The number of hydrogen-bond donors (Lipinski definition) is 3. The smallest absolute Gasteiger partial charge is 0.543 e. The van der Waals surface area contributed by atoms with E-state index in [1.165, 1.54) is 24.3 Å². The van der Waals surface area contributed by atoms with Crippen molar-refractivity contribution in [2.24, 2.45) is 5.16 Å². The van der Waals surface area contributed by atoms with E-state index >= 15 is 0 Å². The first-order chi connectivity index (χ1) is 14.8. The Balaban J connectivity index is 0.00000363. The molecule has 3 heterocycles. The third-order valence-corrected chi connectivity index (χ3v) is 6.57. The molecule has 166 valence electrons. The molecule has 2 aliphatic rings. The number of amides is 3. The van der Waals surface area contributed by atoms with Gasteiger partial charge in [0, 0.05) is 11.1 Å². The summed E-state index contributed by atoms with van der Waals surface area (Å²) in [6.07, 6.45) is 0. The van der Waals surface area contributed by atoms with E-state index in [4.69, 9.17) is 16.4 Å². The van der Waals surface area contributed by atoms with E-state index in [-0.39, 0.29) is 69.0 Å². The van der Waals surface area contributed by atoms with Gasteiger partial charge < -0.3 is 30.5 Å². The van der Waals surface area contributed by atoms with Gasteiger partial charge in [-0.2, -0.15) is 0 Å². The predicted molar refractivity (Wildman–Crippen MR) is 109 cm³/mol. The van der Waals surface area contributed by atoms with Gasteiger partial charge in [-0.3, -0.25) is 19.3 Å². The van der Waals surface area contributed by atoms with Crippen molar-refractivity contribution in [1.82, 2.24) is 15.2 Å². The number of halogens is 1. The second-order valence-corrected chi connectivity index (χ2v) is 8.33. The Morgan fingerprint density at radius 2 is 2.19 bits per heavy atom. The van der Waals surface area contributed by atoms with E-state index in [0.717, 1.165) is 16.2 Å². The van der Waals surface area contributed by atoms with Gasteiger partial charge >= 0.3 is 29.6 Å². The molecule has 3 rings (SSSR count). The number of β-lactam (4-membered cyclic amide) rings is 1. The number of aromatic nitrogens is 1. The number of aliphatic hydroxyl groups excluding tert-OH is 1. The number of thiazole rings is 1. The van der Waals surface area contributed by atoms with Crippen LogP contribution in [0.4, 0.5) is 5.13 Å². The van der Waals surface area contributed by atoms with E-state index in [0.29, 0.717) is 0 Å². The summed E-state index contributed by atoms with van der Waals surface area (Å²) in [7, 11) is 1.22. The number of hydrogen-bond acceptors (Lipinski definition) is 11. The number of carbonyl (C=O) groups is 4. The molecule has 0 saturated carbocycles. The third-order valence-electron chi connectivity index (χ3n) is 4.23. The Morgan fingerprint density at radius 3 is 2.78 bits per heavy atom. The summed E-state index contributed by atoms with van der Waals surface area (Å²) < 4.78 is 0. The molecular weight excluding hydrogens is 497 g/mol. The van der Waals surface area contributed by atoms with Crippen molar-refractivity contribution in [3.63, 3.8) is 0 Å². The summed E-state index contributed by atoms with van der Waals surface area (Å²) in [6, 6.07) is -1.02. The molecule has 1 aromatic heterocycles. The van der Waals surface area contributed by atoms with Gasteiger partial charge in [0.25, 0.3) is 11.8 Å². The Morgan fingerprint density at radius 1 is 1.47 bits per heavy atom. The first-order valence-corrected chi connectivity index (χ1v) is 11.0. The molecule has 3 N–H and O–H groups in total. The first-order valence-electron chi connectivity index (χ1n) is 8.55. The second-order valence-electron chi connectivity index (χ2n) is 6.10. The number of thioether (sulfide) groups is 1. The number of aliphatic carboxylic acids is 1. The summed E-state index contributed by atoms with van der Waals surface area (Å²) in [5.41, 5.74) is -0.377. The Bertz CT molecular complexity index is 1000. The van der Waals surface area contributed by atoms with Crippen molar-refractivity contribution < 1.29 is 63.8 Å². The summed E-state index contributed by atoms with van der Waals surface area (Å²) in [5.74, 6) is -3.62. The van der Waals surface area contributed by atoms with Gasteiger partial charge in [-0.05, 0) is 5.57 Å². The Labute approximate surface area is 216 Å². The molecule has 1 saturated heterocycles. The number of anilines is 1. The molecule has 1 fully saturated rings. The Kier molecular flexibility index (Phi) is 9.51. The number of rotatable bonds is 8. The van der Waals surface area contributed by atoms with Crippen molar-refractivity contribution in [3.05, 3.63) is 22.3 Å². The maximum Gasteiger partial charge on any atom is 1.00 e. The molecule has 32 heavy (non-hydrogen) atoms. The maximum absolute atomic E-state index is 12.8. The number of fused-ring (bicyclic) bond motifs is 1. The van der Waals surface area contributed by atoms with Crippen LogP contribution in [0.1, 0.15) is 5.69 Å². The number of nitrogens with one attached hydrogen (secondary N) is 2. The van der Waals surface area contributed by atoms with E-state index in [1.807, 2.05) is 0 Å². The Hall–Kier alpha value is -1.68. The average molecular weight is 512 g/mol. The molecule has 0 radical (unpaired) electrons. The fourth-order valence-corrected chi connectivity index (χ4v) is 5.00. The first kappa shape index (κ1) is 26.6.